The Morgan fingerprint density at radius 1 is 1.14 bits per heavy atom. The third kappa shape index (κ3) is 3.77. The van der Waals surface area contributed by atoms with Crippen molar-refractivity contribution in [1.82, 2.24) is 10.3 Å². The van der Waals surface area contributed by atoms with E-state index in [0.29, 0.717) is 11.5 Å². The summed E-state index contributed by atoms with van der Waals surface area (Å²) in [5.41, 5.74) is 10.7. The zero-order chi connectivity index (χ0) is 25.9. The second kappa shape index (κ2) is 8.86. The third-order valence-corrected chi connectivity index (χ3v) is 9.52. The van der Waals surface area contributed by atoms with Crippen LogP contribution in [0.4, 0.5) is 6.01 Å². The molecule has 1 saturated carbocycles. The highest BCUT2D eigenvalue weighted by atomic mass is 16.4. The van der Waals surface area contributed by atoms with Gasteiger partial charge in [-0.05, 0) is 92.8 Å². The Kier molecular flexibility index (Phi) is 6.21. The molecule has 4 unspecified atom stereocenters. The molecule has 5 atom stereocenters. The van der Waals surface area contributed by atoms with Gasteiger partial charge in [-0.25, -0.2) is 0 Å². The van der Waals surface area contributed by atoms with Crippen LogP contribution in [0.3, 0.4) is 0 Å². The van der Waals surface area contributed by atoms with Gasteiger partial charge in [0.15, 0.2) is 5.58 Å². The molecule has 0 bridgehead atoms. The zero-order valence-electron chi connectivity index (χ0n) is 22.3. The minimum atomic E-state index is -0.863. The third-order valence-electron chi connectivity index (χ3n) is 9.52. The summed E-state index contributed by atoms with van der Waals surface area (Å²) in [5.74, 6) is 0.568. The summed E-state index contributed by atoms with van der Waals surface area (Å²) in [4.78, 5) is 4.24. The summed E-state index contributed by atoms with van der Waals surface area (Å²) >= 11 is 0. The smallest absolute Gasteiger partial charge is 0.292 e. The maximum atomic E-state index is 12.3. The van der Waals surface area contributed by atoms with Crippen LogP contribution in [0.5, 0.6) is 0 Å². The Morgan fingerprint density at radius 2 is 1.89 bits per heavy atom. The van der Waals surface area contributed by atoms with Crippen LogP contribution >= 0.6 is 0 Å². The maximum Gasteiger partial charge on any atom is 0.292 e. The highest BCUT2D eigenvalue weighted by molar-refractivity contribution is 5.83. The Balaban J connectivity index is 0.000000848. The number of fused-ring (bicyclic) bond motifs is 5. The highest BCUT2D eigenvalue weighted by Gasteiger charge is 2.62. The van der Waals surface area contributed by atoms with Crippen molar-refractivity contribution in [2.45, 2.75) is 71.0 Å². The highest BCUT2D eigenvalue weighted by Crippen LogP contribution is 2.67. The van der Waals surface area contributed by atoms with E-state index in [9.17, 15) is 10.2 Å². The Bertz CT molecular complexity index is 1260. The molecule has 0 spiro atoms. The second-order valence-electron chi connectivity index (χ2n) is 12.0. The van der Waals surface area contributed by atoms with E-state index in [0.717, 1.165) is 55.2 Å². The van der Waals surface area contributed by atoms with Crippen molar-refractivity contribution >= 4 is 22.7 Å². The van der Waals surface area contributed by atoms with Gasteiger partial charge in [0.25, 0.3) is 6.01 Å². The molecule has 5 N–H and O–H groups in total. The number of allylic oxidation sites excluding steroid dienone is 3. The number of nitrogens with zero attached hydrogens (tertiary/aromatic N) is 1. The fraction of sp³-hybridized carbons (Fsp3) is 0.567. The van der Waals surface area contributed by atoms with Gasteiger partial charge < -0.3 is 25.7 Å². The number of aromatic nitrogens is 1. The SMILES string of the molecule is CC1(C)C=C2C=C3CC(O)CCC3CC[C@]2(O)C2CC=C(c3ccc4nc(N)oc4c3)C21C.CNC. The largest absolute Gasteiger partial charge is 0.424 e. The van der Waals surface area contributed by atoms with E-state index in [-0.39, 0.29) is 28.9 Å². The molecule has 4 aliphatic rings. The number of aliphatic hydroxyl groups excluding tert-OH is 1. The first-order chi connectivity index (χ1) is 17.0. The molecule has 2 aromatic rings. The van der Waals surface area contributed by atoms with E-state index in [4.69, 9.17) is 10.2 Å². The molecule has 1 aromatic heterocycles. The summed E-state index contributed by atoms with van der Waals surface area (Å²) in [6.45, 7) is 6.93. The van der Waals surface area contributed by atoms with Gasteiger partial charge in [0, 0.05) is 11.3 Å². The van der Waals surface area contributed by atoms with Crippen LogP contribution in [0.2, 0.25) is 0 Å². The van der Waals surface area contributed by atoms with Crippen molar-refractivity contribution < 1.29 is 14.6 Å². The van der Waals surface area contributed by atoms with Crippen molar-refractivity contribution in [2.24, 2.45) is 22.7 Å². The minimum Gasteiger partial charge on any atom is -0.424 e. The van der Waals surface area contributed by atoms with Gasteiger partial charge >= 0.3 is 0 Å². The van der Waals surface area contributed by atoms with Crippen LogP contribution in [0.15, 0.2) is 52.0 Å². The summed E-state index contributed by atoms with van der Waals surface area (Å²) in [5, 5.41) is 25.4. The molecule has 1 heterocycles. The van der Waals surface area contributed by atoms with Gasteiger partial charge in [-0.1, -0.05) is 50.6 Å². The summed E-state index contributed by atoms with van der Waals surface area (Å²) in [6, 6.07) is 6.31. The Labute approximate surface area is 214 Å². The van der Waals surface area contributed by atoms with Crippen LogP contribution in [0.1, 0.15) is 64.9 Å². The number of rotatable bonds is 1. The van der Waals surface area contributed by atoms with Crippen LogP contribution in [-0.2, 0) is 0 Å². The lowest BCUT2D eigenvalue weighted by Gasteiger charge is -2.56. The molecule has 194 valence electrons. The van der Waals surface area contributed by atoms with Crippen LogP contribution < -0.4 is 11.1 Å². The van der Waals surface area contributed by atoms with Crippen molar-refractivity contribution in [2.75, 3.05) is 19.8 Å². The first-order valence-corrected chi connectivity index (χ1v) is 13.3. The van der Waals surface area contributed by atoms with Crippen molar-refractivity contribution in [3.8, 4) is 0 Å². The molecule has 1 aromatic carbocycles. The van der Waals surface area contributed by atoms with Crippen molar-refractivity contribution in [3.63, 3.8) is 0 Å². The number of aliphatic hydroxyl groups is 2. The van der Waals surface area contributed by atoms with Crippen LogP contribution in [0, 0.1) is 22.7 Å². The Hall–Kier alpha value is -2.41. The molecular weight excluding hydrogens is 450 g/mol. The minimum absolute atomic E-state index is 0.0902. The molecule has 4 aliphatic carbocycles. The number of hydrogen-bond donors (Lipinski definition) is 4. The van der Waals surface area contributed by atoms with Gasteiger partial charge in [0.1, 0.15) is 5.52 Å². The fourth-order valence-corrected chi connectivity index (χ4v) is 7.44. The number of hydrogen-bond acceptors (Lipinski definition) is 6. The molecule has 6 heteroatoms. The van der Waals surface area contributed by atoms with Crippen molar-refractivity contribution in [3.05, 3.63) is 53.1 Å². The van der Waals surface area contributed by atoms with Crippen LogP contribution in [0.25, 0.3) is 16.7 Å². The molecule has 1 fully saturated rings. The van der Waals surface area contributed by atoms with E-state index in [1.165, 1.54) is 11.1 Å². The average molecular weight is 492 g/mol. The fourth-order valence-electron chi connectivity index (χ4n) is 7.44. The van der Waals surface area contributed by atoms with Crippen LogP contribution in [-0.4, -0.2) is 41.0 Å². The summed E-state index contributed by atoms with van der Waals surface area (Å²) in [6.07, 6.45) is 11.9. The molecule has 0 radical (unpaired) electrons. The second-order valence-corrected chi connectivity index (χ2v) is 12.0. The van der Waals surface area contributed by atoms with Crippen molar-refractivity contribution in [1.29, 1.82) is 0 Å². The predicted molar refractivity (Wildman–Crippen MR) is 145 cm³/mol. The number of nitrogen functional groups attached to an aromatic ring is 1. The summed E-state index contributed by atoms with van der Waals surface area (Å²) < 4.78 is 5.62. The van der Waals surface area contributed by atoms with Gasteiger partial charge in [-0.15, -0.1) is 0 Å². The number of anilines is 1. The lowest BCUT2D eigenvalue weighted by molar-refractivity contribution is -0.0651. The molecule has 6 rings (SSSR count). The molecule has 0 saturated heterocycles. The Morgan fingerprint density at radius 3 is 2.64 bits per heavy atom. The number of oxazole rings is 1. The predicted octanol–water partition coefficient (Wildman–Crippen LogP) is 5.23. The molecule has 6 nitrogen and oxygen atoms in total. The number of benzene rings is 1. The standard InChI is InChI=1S/C28H34N2O3.C2H7N/c1-26(2)15-19-12-18-13-20(31)6-4-16(18)10-11-28(19,32)24-9-7-21(27(24,26)3)17-5-8-22-23(14-17)33-25(29)30-22;1-3-2/h5,7-8,12,14-16,20,24,31-32H,4,6,9-11,13H2,1-3H3,(H2,29,30);3H,1-2H3/t16?,20?,24?,27?,28-;/m1./s1. The number of nitrogens with one attached hydrogen (secondary N) is 1. The molecular formula is C30H41N3O3. The molecule has 0 aliphatic heterocycles. The zero-order valence-corrected chi connectivity index (χ0v) is 22.3. The first-order valence-electron chi connectivity index (χ1n) is 13.3. The number of nitrogens with two attached hydrogens (primary N) is 1. The van der Waals surface area contributed by atoms with Gasteiger partial charge in [-0.2, -0.15) is 4.98 Å². The maximum absolute atomic E-state index is 12.3. The average Bonchev–Trinajstić information content (AvgIpc) is 3.33. The summed E-state index contributed by atoms with van der Waals surface area (Å²) in [7, 11) is 3.75. The first kappa shape index (κ1) is 25.2. The van der Waals surface area contributed by atoms with Gasteiger partial charge in [0.05, 0.1) is 11.7 Å². The monoisotopic (exact) mass is 491 g/mol. The van der Waals surface area contributed by atoms with E-state index < -0.39 is 5.60 Å². The van der Waals surface area contributed by atoms with Gasteiger partial charge in [-0.3, -0.25) is 0 Å². The van der Waals surface area contributed by atoms with E-state index in [2.05, 4.69) is 55.4 Å². The normalized spacial score (nSPS) is 34.8. The topological polar surface area (TPSA) is 105 Å². The van der Waals surface area contributed by atoms with Gasteiger partial charge in [0.2, 0.25) is 0 Å². The lowest BCUT2D eigenvalue weighted by Crippen LogP contribution is -2.55. The lowest BCUT2D eigenvalue weighted by atomic mass is 9.49. The molecule has 0 amide bonds. The van der Waals surface area contributed by atoms with E-state index in [1.807, 2.05) is 26.2 Å². The van der Waals surface area contributed by atoms with E-state index >= 15 is 0 Å². The molecule has 36 heavy (non-hydrogen) atoms. The van der Waals surface area contributed by atoms with E-state index in [1.54, 1.807) is 0 Å². The quantitative estimate of drug-likeness (QED) is 0.435.